The Balaban J connectivity index is 1.76. The first-order valence-electron chi connectivity index (χ1n) is 7.89. The standard InChI is InChI=1S/C18H16N2O6/c1-25-17-8-11-6-7-26-16(11)9-13(17)19-18(22)10-15(21)12-4-2-3-5-14(12)20(23)24/h2-5,8-9H,6-7,10H2,1H3,(H,19,22). The highest BCUT2D eigenvalue weighted by molar-refractivity contribution is 6.12. The van der Waals surface area contributed by atoms with Crippen LogP contribution in [0.1, 0.15) is 22.3 Å². The number of nitro groups is 1. The number of para-hydroxylation sites is 1. The smallest absolute Gasteiger partial charge is 0.280 e. The minimum absolute atomic E-state index is 0.100. The van der Waals surface area contributed by atoms with Crippen LogP contribution in [0.3, 0.4) is 0 Å². The molecule has 3 rings (SSSR count). The van der Waals surface area contributed by atoms with Crippen LogP contribution in [-0.2, 0) is 11.2 Å². The normalized spacial score (nSPS) is 12.0. The molecular weight excluding hydrogens is 340 g/mol. The molecule has 0 aromatic heterocycles. The topological polar surface area (TPSA) is 108 Å². The summed E-state index contributed by atoms with van der Waals surface area (Å²) in [6.07, 6.45) is 0.238. The van der Waals surface area contributed by atoms with E-state index in [1.807, 2.05) is 0 Å². The summed E-state index contributed by atoms with van der Waals surface area (Å²) < 4.78 is 10.7. The van der Waals surface area contributed by atoms with Gasteiger partial charge in [0.1, 0.15) is 11.5 Å². The van der Waals surface area contributed by atoms with Crippen molar-refractivity contribution < 1.29 is 24.0 Å². The molecule has 1 amide bonds. The summed E-state index contributed by atoms with van der Waals surface area (Å²) in [5, 5.41) is 13.6. The van der Waals surface area contributed by atoms with Crippen molar-refractivity contribution in [2.24, 2.45) is 0 Å². The number of hydrogen-bond acceptors (Lipinski definition) is 6. The molecule has 0 unspecified atom stereocenters. The molecule has 1 aliphatic heterocycles. The van der Waals surface area contributed by atoms with E-state index in [0.717, 1.165) is 12.0 Å². The summed E-state index contributed by atoms with van der Waals surface area (Å²) in [5.41, 5.74) is 0.940. The summed E-state index contributed by atoms with van der Waals surface area (Å²) in [7, 11) is 1.48. The Morgan fingerprint density at radius 1 is 1.31 bits per heavy atom. The van der Waals surface area contributed by atoms with Crippen LogP contribution >= 0.6 is 0 Å². The largest absolute Gasteiger partial charge is 0.495 e. The highest BCUT2D eigenvalue weighted by atomic mass is 16.6. The third-order valence-corrected chi connectivity index (χ3v) is 4.01. The minimum Gasteiger partial charge on any atom is -0.495 e. The maximum Gasteiger partial charge on any atom is 0.280 e. The molecular formula is C18H16N2O6. The monoisotopic (exact) mass is 356 g/mol. The van der Waals surface area contributed by atoms with Crippen LogP contribution in [0.5, 0.6) is 11.5 Å². The number of fused-ring (bicyclic) bond motifs is 1. The van der Waals surface area contributed by atoms with E-state index in [1.54, 1.807) is 12.1 Å². The van der Waals surface area contributed by atoms with Crippen molar-refractivity contribution in [3.63, 3.8) is 0 Å². The quantitative estimate of drug-likeness (QED) is 0.369. The molecule has 134 valence electrons. The number of amides is 1. The highest BCUT2D eigenvalue weighted by Gasteiger charge is 2.23. The van der Waals surface area contributed by atoms with Crippen molar-refractivity contribution in [2.45, 2.75) is 12.8 Å². The van der Waals surface area contributed by atoms with Gasteiger partial charge < -0.3 is 14.8 Å². The molecule has 0 bridgehead atoms. The number of anilines is 1. The van der Waals surface area contributed by atoms with Crippen LogP contribution in [0.15, 0.2) is 36.4 Å². The van der Waals surface area contributed by atoms with E-state index in [9.17, 15) is 19.7 Å². The lowest BCUT2D eigenvalue weighted by molar-refractivity contribution is -0.385. The lowest BCUT2D eigenvalue weighted by atomic mass is 10.1. The number of nitrogens with zero attached hydrogens (tertiary/aromatic N) is 1. The van der Waals surface area contributed by atoms with Crippen LogP contribution in [0.2, 0.25) is 0 Å². The van der Waals surface area contributed by atoms with Gasteiger partial charge >= 0.3 is 0 Å². The van der Waals surface area contributed by atoms with Gasteiger partial charge in [0.05, 0.1) is 36.3 Å². The van der Waals surface area contributed by atoms with Crippen molar-refractivity contribution in [2.75, 3.05) is 19.0 Å². The van der Waals surface area contributed by atoms with Gasteiger partial charge in [0.2, 0.25) is 5.91 Å². The number of carbonyl (C=O) groups is 2. The van der Waals surface area contributed by atoms with Gasteiger partial charge in [-0.1, -0.05) is 12.1 Å². The van der Waals surface area contributed by atoms with E-state index < -0.39 is 23.0 Å². The molecule has 0 fully saturated rings. The summed E-state index contributed by atoms with van der Waals surface area (Å²) in [4.78, 5) is 34.9. The molecule has 8 nitrogen and oxygen atoms in total. The number of hydrogen-bond donors (Lipinski definition) is 1. The van der Waals surface area contributed by atoms with Crippen molar-refractivity contribution >= 4 is 23.1 Å². The molecule has 2 aromatic carbocycles. The maximum absolute atomic E-state index is 12.3. The number of benzene rings is 2. The van der Waals surface area contributed by atoms with Crippen LogP contribution in [-0.4, -0.2) is 30.3 Å². The van der Waals surface area contributed by atoms with Gasteiger partial charge in [-0.2, -0.15) is 0 Å². The number of ketones is 1. The zero-order valence-electron chi connectivity index (χ0n) is 14.0. The molecule has 2 aromatic rings. The number of Topliss-reactive ketones (excluding diaryl/α,β-unsaturated/α-hetero) is 1. The van der Waals surface area contributed by atoms with Crippen LogP contribution in [0.25, 0.3) is 0 Å². The molecule has 26 heavy (non-hydrogen) atoms. The zero-order chi connectivity index (χ0) is 18.7. The molecule has 8 heteroatoms. The van der Waals surface area contributed by atoms with Crippen molar-refractivity contribution in [1.82, 2.24) is 0 Å². The van der Waals surface area contributed by atoms with E-state index in [4.69, 9.17) is 9.47 Å². The SMILES string of the molecule is COc1cc2c(cc1NC(=O)CC(=O)c1ccccc1[N+](=O)[O-])OCC2. The Labute approximate surface area is 148 Å². The van der Waals surface area contributed by atoms with Crippen molar-refractivity contribution in [3.05, 3.63) is 57.6 Å². The van der Waals surface area contributed by atoms with Gasteiger partial charge in [-0.25, -0.2) is 0 Å². The lowest BCUT2D eigenvalue weighted by Crippen LogP contribution is -2.17. The Morgan fingerprint density at radius 3 is 2.81 bits per heavy atom. The first-order valence-corrected chi connectivity index (χ1v) is 7.89. The molecule has 0 saturated heterocycles. The molecule has 1 aliphatic rings. The number of rotatable bonds is 6. The second kappa shape index (κ2) is 7.22. The number of nitrogens with one attached hydrogen (secondary N) is 1. The Hall–Kier alpha value is -3.42. The van der Waals surface area contributed by atoms with Crippen LogP contribution in [0, 0.1) is 10.1 Å². The van der Waals surface area contributed by atoms with E-state index in [1.165, 1.54) is 31.4 Å². The van der Waals surface area contributed by atoms with Crippen LogP contribution < -0.4 is 14.8 Å². The third-order valence-electron chi connectivity index (χ3n) is 4.01. The van der Waals surface area contributed by atoms with E-state index in [0.29, 0.717) is 23.8 Å². The Morgan fingerprint density at radius 2 is 2.08 bits per heavy atom. The first-order chi connectivity index (χ1) is 12.5. The summed E-state index contributed by atoms with van der Waals surface area (Å²) in [5.74, 6) is -0.109. The summed E-state index contributed by atoms with van der Waals surface area (Å²) in [6, 6.07) is 8.96. The van der Waals surface area contributed by atoms with Gasteiger partial charge in [0.25, 0.3) is 5.69 Å². The first kappa shape index (κ1) is 17.4. The highest BCUT2D eigenvalue weighted by Crippen LogP contribution is 2.36. The van der Waals surface area contributed by atoms with Gasteiger partial charge in [0.15, 0.2) is 5.78 Å². The molecule has 1 heterocycles. The predicted octanol–water partition coefficient (Wildman–Crippen LogP) is 2.75. The van der Waals surface area contributed by atoms with Crippen LogP contribution in [0.4, 0.5) is 11.4 Å². The van der Waals surface area contributed by atoms with Gasteiger partial charge in [-0.15, -0.1) is 0 Å². The average Bonchev–Trinajstić information content (AvgIpc) is 3.08. The fourth-order valence-corrected chi connectivity index (χ4v) is 2.77. The van der Waals surface area contributed by atoms with Gasteiger partial charge in [-0.05, 0) is 12.1 Å². The molecule has 0 atom stereocenters. The second-order valence-electron chi connectivity index (χ2n) is 5.68. The minimum atomic E-state index is -0.647. The second-order valence-corrected chi connectivity index (χ2v) is 5.68. The Kier molecular flexibility index (Phi) is 4.83. The lowest BCUT2D eigenvalue weighted by Gasteiger charge is -2.12. The zero-order valence-corrected chi connectivity index (χ0v) is 14.0. The van der Waals surface area contributed by atoms with E-state index in [2.05, 4.69) is 5.32 Å². The summed E-state index contributed by atoms with van der Waals surface area (Å²) >= 11 is 0. The number of nitro benzene ring substituents is 1. The predicted molar refractivity (Wildman–Crippen MR) is 92.9 cm³/mol. The fourth-order valence-electron chi connectivity index (χ4n) is 2.77. The molecule has 1 N–H and O–H groups in total. The number of carbonyl (C=O) groups excluding carboxylic acids is 2. The fraction of sp³-hybridized carbons (Fsp3) is 0.222. The summed E-state index contributed by atoms with van der Waals surface area (Å²) in [6.45, 7) is 0.562. The molecule has 0 aliphatic carbocycles. The molecule has 0 spiro atoms. The third kappa shape index (κ3) is 3.49. The van der Waals surface area contributed by atoms with E-state index in [-0.39, 0.29) is 11.3 Å². The van der Waals surface area contributed by atoms with Gasteiger partial charge in [-0.3, -0.25) is 19.7 Å². The van der Waals surface area contributed by atoms with E-state index >= 15 is 0 Å². The molecule has 0 saturated carbocycles. The molecule has 0 radical (unpaired) electrons. The number of ether oxygens (including phenoxy) is 2. The Bertz CT molecular complexity index is 893. The number of methoxy groups -OCH3 is 1. The van der Waals surface area contributed by atoms with Gasteiger partial charge in [0, 0.05) is 24.1 Å². The van der Waals surface area contributed by atoms with Crippen molar-refractivity contribution in [1.29, 1.82) is 0 Å². The maximum atomic E-state index is 12.3. The van der Waals surface area contributed by atoms with Crippen molar-refractivity contribution in [3.8, 4) is 11.5 Å². The average molecular weight is 356 g/mol.